The molecule has 0 spiro atoms. The van der Waals surface area contributed by atoms with Crippen LogP contribution >= 0.6 is 11.3 Å². The van der Waals surface area contributed by atoms with Gasteiger partial charge in [-0.1, -0.05) is 18.2 Å². The third kappa shape index (κ3) is 4.02. The number of hydrogen-bond acceptors (Lipinski definition) is 4. The first-order valence-electron chi connectivity index (χ1n) is 10.3. The van der Waals surface area contributed by atoms with E-state index in [9.17, 15) is 9.59 Å². The second-order valence-corrected chi connectivity index (χ2v) is 9.29. The van der Waals surface area contributed by atoms with E-state index in [1.165, 1.54) is 15.6 Å². The van der Waals surface area contributed by atoms with Crippen LogP contribution in [0.15, 0.2) is 29.6 Å². The van der Waals surface area contributed by atoms with Crippen LogP contribution < -0.4 is 5.32 Å². The maximum Gasteiger partial charge on any atom is 0.139 e. The van der Waals surface area contributed by atoms with Crippen molar-refractivity contribution in [2.45, 2.75) is 45.4 Å². The topological polar surface area (TPSA) is 46.2 Å². The monoisotopic (exact) mass is 383 g/mol. The van der Waals surface area contributed by atoms with Crippen LogP contribution in [0.1, 0.15) is 44.6 Å². The number of hydrogen-bond donors (Lipinski definition) is 1. The molecule has 3 nitrogen and oxygen atoms in total. The Morgan fingerprint density at radius 1 is 1.15 bits per heavy atom. The molecule has 144 valence electrons. The van der Waals surface area contributed by atoms with Crippen LogP contribution in [0.25, 0.3) is 10.1 Å². The number of Topliss-reactive ketones (excluding diaryl/α,β-unsaturated/α-hetero) is 2. The van der Waals surface area contributed by atoms with E-state index >= 15 is 0 Å². The lowest BCUT2D eigenvalue weighted by atomic mass is 9.64. The first kappa shape index (κ1) is 18.8. The smallest absolute Gasteiger partial charge is 0.139 e. The summed E-state index contributed by atoms with van der Waals surface area (Å²) in [6.45, 7) is 3.66. The number of piperidine rings is 1. The fraction of sp³-hybridized carbons (Fsp3) is 0.565. The summed E-state index contributed by atoms with van der Waals surface area (Å²) in [5.74, 6) is 1.65. The van der Waals surface area contributed by atoms with Crippen LogP contribution in [-0.2, 0) is 16.0 Å². The van der Waals surface area contributed by atoms with Gasteiger partial charge in [0.25, 0.3) is 0 Å². The molecule has 2 fully saturated rings. The van der Waals surface area contributed by atoms with Crippen LogP contribution in [-0.4, -0.2) is 24.7 Å². The van der Waals surface area contributed by atoms with Gasteiger partial charge in [-0.3, -0.25) is 9.59 Å². The zero-order valence-electron chi connectivity index (χ0n) is 16.1. The zero-order chi connectivity index (χ0) is 18.8. The molecule has 1 aliphatic carbocycles. The van der Waals surface area contributed by atoms with Gasteiger partial charge in [-0.2, -0.15) is 0 Å². The predicted octanol–water partition coefficient (Wildman–Crippen LogP) is 4.63. The maximum absolute atomic E-state index is 12.9. The van der Waals surface area contributed by atoms with Gasteiger partial charge >= 0.3 is 0 Å². The summed E-state index contributed by atoms with van der Waals surface area (Å²) in [5.41, 5.74) is 1.29. The number of carbonyl (C=O) groups excluding carboxylic acids is 2. The molecule has 1 saturated heterocycles. The average Bonchev–Trinajstić information content (AvgIpc) is 3.07. The minimum atomic E-state index is 0.0385. The highest BCUT2D eigenvalue weighted by atomic mass is 32.1. The number of benzene rings is 1. The Morgan fingerprint density at radius 2 is 1.93 bits per heavy atom. The molecule has 0 bridgehead atoms. The third-order valence-electron chi connectivity index (χ3n) is 6.71. The molecular formula is C23H29NO2S. The molecule has 27 heavy (non-hydrogen) atoms. The van der Waals surface area contributed by atoms with E-state index in [4.69, 9.17) is 0 Å². The van der Waals surface area contributed by atoms with Crippen molar-refractivity contribution in [1.82, 2.24) is 5.32 Å². The molecular weight excluding hydrogens is 354 g/mol. The number of carbonyl (C=O) groups is 2. The van der Waals surface area contributed by atoms with Crippen LogP contribution in [0.2, 0.25) is 0 Å². The van der Waals surface area contributed by atoms with Crippen molar-refractivity contribution in [2.75, 3.05) is 13.1 Å². The Bertz CT molecular complexity index is 821. The Hall–Kier alpha value is -1.52. The molecule has 4 rings (SSSR count). The lowest BCUT2D eigenvalue weighted by Gasteiger charge is -2.40. The Kier molecular flexibility index (Phi) is 5.74. The van der Waals surface area contributed by atoms with Crippen LogP contribution in [0.5, 0.6) is 0 Å². The fourth-order valence-corrected chi connectivity index (χ4v) is 5.83. The van der Waals surface area contributed by atoms with Gasteiger partial charge in [0.1, 0.15) is 11.6 Å². The second kappa shape index (κ2) is 8.24. The Morgan fingerprint density at radius 3 is 2.63 bits per heavy atom. The summed E-state index contributed by atoms with van der Waals surface area (Å²) >= 11 is 1.76. The number of fused-ring (bicyclic) bond motifs is 1. The van der Waals surface area contributed by atoms with Gasteiger partial charge in [-0.05, 0) is 86.9 Å². The zero-order valence-corrected chi connectivity index (χ0v) is 16.9. The predicted molar refractivity (Wildman–Crippen MR) is 111 cm³/mol. The van der Waals surface area contributed by atoms with Gasteiger partial charge in [-0.15, -0.1) is 11.3 Å². The molecule has 1 aliphatic heterocycles. The van der Waals surface area contributed by atoms with Gasteiger partial charge < -0.3 is 5.32 Å². The number of ketones is 2. The van der Waals surface area contributed by atoms with Gasteiger partial charge in [0.2, 0.25) is 0 Å². The lowest BCUT2D eigenvalue weighted by Crippen LogP contribution is -2.41. The van der Waals surface area contributed by atoms with Crippen molar-refractivity contribution in [1.29, 1.82) is 0 Å². The molecule has 2 aromatic rings. The van der Waals surface area contributed by atoms with E-state index in [0.717, 1.165) is 51.6 Å². The SMILES string of the molecule is CC(=O)[C@@H](Cc1csc2ccccc12)CC1CCC1C(=O)C1CCNCC1. The van der Waals surface area contributed by atoms with Gasteiger partial charge in [0.05, 0.1) is 0 Å². The number of thiophene rings is 1. The van der Waals surface area contributed by atoms with E-state index in [2.05, 4.69) is 35.0 Å². The molecule has 1 saturated carbocycles. The highest BCUT2D eigenvalue weighted by Crippen LogP contribution is 2.42. The summed E-state index contributed by atoms with van der Waals surface area (Å²) in [4.78, 5) is 25.3. The minimum absolute atomic E-state index is 0.0385. The van der Waals surface area contributed by atoms with Crippen molar-refractivity contribution in [3.63, 3.8) is 0 Å². The summed E-state index contributed by atoms with van der Waals surface area (Å²) in [7, 11) is 0. The quantitative estimate of drug-likeness (QED) is 0.758. The number of nitrogens with one attached hydrogen (secondary N) is 1. The molecule has 2 aliphatic rings. The molecule has 1 aromatic carbocycles. The maximum atomic E-state index is 12.9. The average molecular weight is 384 g/mol. The van der Waals surface area contributed by atoms with E-state index in [-0.39, 0.29) is 23.5 Å². The van der Waals surface area contributed by atoms with Crippen LogP contribution in [0.4, 0.5) is 0 Å². The third-order valence-corrected chi connectivity index (χ3v) is 7.73. The highest BCUT2D eigenvalue weighted by molar-refractivity contribution is 7.17. The molecule has 2 heterocycles. The molecule has 0 amide bonds. The molecule has 3 atom stereocenters. The first-order chi connectivity index (χ1) is 13.1. The fourth-order valence-electron chi connectivity index (χ4n) is 4.85. The lowest BCUT2D eigenvalue weighted by molar-refractivity contribution is -0.134. The van der Waals surface area contributed by atoms with E-state index < -0.39 is 0 Å². The molecule has 1 aromatic heterocycles. The van der Waals surface area contributed by atoms with E-state index in [1.807, 2.05) is 0 Å². The van der Waals surface area contributed by atoms with Crippen LogP contribution in [0.3, 0.4) is 0 Å². The summed E-state index contributed by atoms with van der Waals surface area (Å²) in [6.07, 6.45) is 5.79. The van der Waals surface area contributed by atoms with Crippen molar-refractivity contribution >= 4 is 33.0 Å². The normalized spacial score (nSPS) is 24.5. The summed E-state index contributed by atoms with van der Waals surface area (Å²) < 4.78 is 1.29. The highest BCUT2D eigenvalue weighted by Gasteiger charge is 2.40. The van der Waals surface area contributed by atoms with Gasteiger partial charge in [-0.25, -0.2) is 0 Å². The molecule has 0 radical (unpaired) electrons. The second-order valence-electron chi connectivity index (χ2n) is 8.38. The van der Waals surface area contributed by atoms with Crippen molar-refractivity contribution in [3.05, 3.63) is 35.2 Å². The van der Waals surface area contributed by atoms with Crippen LogP contribution in [0, 0.1) is 23.7 Å². The number of rotatable bonds is 7. The standard InChI is InChI=1S/C23H29NO2S/c1-15(25)18(13-19-14-27-22-5-3-2-4-20(19)22)12-17-6-7-21(17)23(26)16-8-10-24-11-9-16/h2-5,14,16-18,21,24H,6-13H2,1H3/t17?,18-,21?/m1/s1. The molecule has 4 heteroatoms. The molecule has 1 N–H and O–H groups in total. The Labute approximate surface area is 165 Å². The largest absolute Gasteiger partial charge is 0.317 e. The summed E-state index contributed by atoms with van der Waals surface area (Å²) in [5, 5.41) is 6.84. The van der Waals surface area contributed by atoms with Gasteiger partial charge in [0.15, 0.2) is 0 Å². The minimum Gasteiger partial charge on any atom is -0.317 e. The Balaban J connectivity index is 1.42. The molecule has 2 unspecified atom stereocenters. The first-order valence-corrected chi connectivity index (χ1v) is 11.2. The van der Waals surface area contributed by atoms with Crippen molar-refractivity contribution in [2.24, 2.45) is 23.7 Å². The van der Waals surface area contributed by atoms with Crippen molar-refractivity contribution in [3.8, 4) is 0 Å². The van der Waals surface area contributed by atoms with E-state index in [1.54, 1.807) is 18.3 Å². The van der Waals surface area contributed by atoms with E-state index in [0.29, 0.717) is 11.7 Å². The van der Waals surface area contributed by atoms with Crippen molar-refractivity contribution < 1.29 is 9.59 Å². The summed E-state index contributed by atoms with van der Waals surface area (Å²) in [6, 6.07) is 8.44. The van der Waals surface area contributed by atoms with Gasteiger partial charge in [0, 0.05) is 22.5 Å².